The Kier molecular flexibility index (Phi) is 15.9. The molecule has 0 radical (unpaired) electrons. The van der Waals surface area contributed by atoms with Gasteiger partial charge in [0.1, 0.15) is 0 Å². The molecule has 0 rings (SSSR count). The van der Waals surface area contributed by atoms with Crippen molar-refractivity contribution in [2.45, 2.75) is 46.0 Å². The van der Waals surface area contributed by atoms with Gasteiger partial charge in [0.25, 0.3) is 0 Å². The standard InChI is InChI=1S/C9H19O.K/c1-3-5-6-7-9(4-2)8-10;/h9H,3-8H2,1-2H3;/q-1;+1. The Morgan fingerprint density at radius 1 is 1.18 bits per heavy atom. The molecule has 0 aromatic rings. The Labute approximate surface area is 113 Å². The van der Waals surface area contributed by atoms with Crippen LogP contribution >= 0.6 is 0 Å². The zero-order chi connectivity index (χ0) is 7.82. The van der Waals surface area contributed by atoms with Crippen molar-refractivity contribution in [3.05, 3.63) is 0 Å². The molecule has 1 atom stereocenters. The summed E-state index contributed by atoms with van der Waals surface area (Å²) >= 11 is 0. The van der Waals surface area contributed by atoms with Gasteiger partial charge in [-0.2, -0.15) is 0 Å². The molecule has 0 aromatic carbocycles. The third-order valence-corrected chi connectivity index (χ3v) is 2.03. The summed E-state index contributed by atoms with van der Waals surface area (Å²) in [6.45, 7) is 4.42. The third-order valence-electron chi connectivity index (χ3n) is 2.03. The smallest absolute Gasteiger partial charge is 0.854 e. The maximum Gasteiger partial charge on any atom is 1.00 e. The second-order valence-electron chi connectivity index (χ2n) is 2.94. The summed E-state index contributed by atoms with van der Waals surface area (Å²) in [5.41, 5.74) is 0. The first-order valence-electron chi connectivity index (χ1n) is 4.43. The number of unbranched alkanes of at least 4 members (excludes halogenated alkanes) is 2. The molecule has 1 unspecified atom stereocenters. The number of hydrogen-bond donors (Lipinski definition) is 0. The first-order valence-corrected chi connectivity index (χ1v) is 4.43. The maximum absolute atomic E-state index is 10.5. The van der Waals surface area contributed by atoms with Crippen LogP contribution in [0.5, 0.6) is 0 Å². The Morgan fingerprint density at radius 2 is 1.82 bits per heavy atom. The van der Waals surface area contributed by atoms with Crippen molar-refractivity contribution in [3.8, 4) is 0 Å². The van der Waals surface area contributed by atoms with Gasteiger partial charge in [0.05, 0.1) is 0 Å². The molecule has 62 valence electrons. The van der Waals surface area contributed by atoms with Crippen LogP contribution < -0.4 is 56.5 Å². The van der Waals surface area contributed by atoms with Crippen molar-refractivity contribution in [2.75, 3.05) is 6.61 Å². The SMILES string of the molecule is CCCCCC(CC)C[O-].[K+]. The number of rotatable bonds is 6. The third kappa shape index (κ3) is 9.51. The van der Waals surface area contributed by atoms with E-state index in [0.717, 1.165) is 12.8 Å². The topological polar surface area (TPSA) is 23.1 Å². The van der Waals surface area contributed by atoms with E-state index in [-0.39, 0.29) is 58.0 Å². The van der Waals surface area contributed by atoms with E-state index in [2.05, 4.69) is 13.8 Å². The predicted molar refractivity (Wildman–Crippen MR) is 42.8 cm³/mol. The van der Waals surface area contributed by atoms with Crippen molar-refractivity contribution in [3.63, 3.8) is 0 Å². The van der Waals surface area contributed by atoms with E-state index in [1.54, 1.807) is 0 Å². The fourth-order valence-corrected chi connectivity index (χ4v) is 1.09. The van der Waals surface area contributed by atoms with Crippen LogP contribution in [0.25, 0.3) is 0 Å². The molecular formula is C9H19KO. The van der Waals surface area contributed by atoms with Crippen LogP contribution in [0.15, 0.2) is 0 Å². The van der Waals surface area contributed by atoms with Gasteiger partial charge in [0.2, 0.25) is 0 Å². The quantitative estimate of drug-likeness (QED) is 0.380. The summed E-state index contributed by atoms with van der Waals surface area (Å²) in [4.78, 5) is 0. The molecule has 0 aliphatic rings. The molecule has 11 heavy (non-hydrogen) atoms. The van der Waals surface area contributed by atoms with Gasteiger partial charge in [0.15, 0.2) is 0 Å². The van der Waals surface area contributed by atoms with Gasteiger partial charge >= 0.3 is 51.4 Å². The molecule has 0 aromatic heterocycles. The minimum absolute atomic E-state index is 0. The second-order valence-corrected chi connectivity index (χ2v) is 2.94. The molecule has 2 heteroatoms. The van der Waals surface area contributed by atoms with Crippen molar-refractivity contribution < 1.29 is 56.5 Å². The summed E-state index contributed by atoms with van der Waals surface area (Å²) < 4.78 is 0. The fraction of sp³-hybridized carbons (Fsp3) is 1.00. The van der Waals surface area contributed by atoms with Gasteiger partial charge in [-0.1, -0.05) is 51.9 Å². The van der Waals surface area contributed by atoms with Gasteiger partial charge in [-0.05, 0) is 0 Å². The van der Waals surface area contributed by atoms with E-state index in [1.165, 1.54) is 19.3 Å². The van der Waals surface area contributed by atoms with Gasteiger partial charge in [0, 0.05) is 0 Å². The minimum atomic E-state index is 0. The summed E-state index contributed by atoms with van der Waals surface area (Å²) in [6.07, 6.45) is 6.00. The molecule has 0 aliphatic carbocycles. The minimum Gasteiger partial charge on any atom is -0.854 e. The van der Waals surface area contributed by atoms with Crippen LogP contribution in [0.4, 0.5) is 0 Å². The first-order chi connectivity index (χ1) is 4.85. The molecular weight excluding hydrogens is 163 g/mol. The molecule has 0 bridgehead atoms. The molecule has 0 aliphatic heterocycles. The Hall–Kier alpha value is 1.60. The Morgan fingerprint density at radius 3 is 2.18 bits per heavy atom. The molecule has 0 saturated carbocycles. The van der Waals surface area contributed by atoms with Crippen LogP contribution in [0.2, 0.25) is 0 Å². The summed E-state index contributed by atoms with van der Waals surface area (Å²) in [6, 6.07) is 0. The van der Waals surface area contributed by atoms with Crippen molar-refractivity contribution in [2.24, 2.45) is 5.92 Å². The summed E-state index contributed by atoms with van der Waals surface area (Å²) in [7, 11) is 0. The summed E-state index contributed by atoms with van der Waals surface area (Å²) in [5, 5.41) is 10.5. The van der Waals surface area contributed by atoms with Gasteiger partial charge in [-0.15, -0.1) is 6.61 Å². The zero-order valence-electron chi connectivity index (χ0n) is 8.23. The fourth-order valence-electron chi connectivity index (χ4n) is 1.09. The maximum atomic E-state index is 10.5. The molecule has 0 amide bonds. The van der Waals surface area contributed by atoms with E-state index in [4.69, 9.17) is 0 Å². The van der Waals surface area contributed by atoms with Gasteiger partial charge < -0.3 is 5.11 Å². The monoisotopic (exact) mass is 182 g/mol. The molecule has 0 spiro atoms. The van der Waals surface area contributed by atoms with Gasteiger partial charge in [-0.25, -0.2) is 0 Å². The zero-order valence-corrected chi connectivity index (χ0v) is 11.4. The van der Waals surface area contributed by atoms with E-state index in [9.17, 15) is 5.11 Å². The predicted octanol–water partition coefficient (Wildman–Crippen LogP) is -1.04. The average molecular weight is 182 g/mol. The normalized spacial score (nSPS) is 12.3. The molecule has 0 N–H and O–H groups in total. The largest absolute Gasteiger partial charge is 1.00 e. The van der Waals surface area contributed by atoms with Crippen molar-refractivity contribution >= 4 is 0 Å². The van der Waals surface area contributed by atoms with E-state index in [0.29, 0.717) is 5.92 Å². The molecule has 0 saturated heterocycles. The van der Waals surface area contributed by atoms with Crippen LogP contribution in [0, 0.1) is 5.92 Å². The first kappa shape index (κ1) is 15.1. The van der Waals surface area contributed by atoms with Crippen LogP contribution in [-0.2, 0) is 0 Å². The van der Waals surface area contributed by atoms with Crippen LogP contribution in [0.1, 0.15) is 46.0 Å². The van der Waals surface area contributed by atoms with Crippen molar-refractivity contribution in [1.29, 1.82) is 0 Å². The Bertz CT molecular complexity index is 62.6. The van der Waals surface area contributed by atoms with E-state index < -0.39 is 0 Å². The van der Waals surface area contributed by atoms with Gasteiger partial charge in [-0.3, -0.25) is 0 Å². The molecule has 0 fully saturated rings. The summed E-state index contributed by atoms with van der Waals surface area (Å²) in [5.74, 6) is 0.451. The number of hydrogen-bond acceptors (Lipinski definition) is 1. The van der Waals surface area contributed by atoms with Crippen LogP contribution in [0.3, 0.4) is 0 Å². The molecule has 0 heterocycles. The van der Waals surface area contributed by atoms with Crippen molar-refractivity contribution in [1.82, 2.24) is 0 Å². The Balaban J connectivity index is 0. The van der Waals surface area contributed by atoms with E-state index in [1.807, 2.05) is 0 Å². The average Bonchev–Trinajstić information content (AvgIpc) is 1.99. The molecule has 1 nitrogen and oxygen atoms in total. The van der Waals surface area contributed by atoms with E-state index >= 15 is 0 Å². The van der Waals surface area contributed by atoms with Crippen LogP contribution in [-0.4, -0.2) is 6.61 Å². The second kappa shape index (κ2) is 11.6.